The van der Waals surface area contributed by atoms with E-state index < -0.39 is 6.09 Å². The highest BCUT2D eigenvalue weighted by molar-refractivity contribution is 9.10. The molecule has 0 spiro atoms. The van der Waals surface area contributed by atoms with Crippen LogP contribution in [-0.2, 0) is 0 Å². The zero-order valence-electron chi connectivity index (χ0n) is 12.4. The molecule has 1 amide bonds. The van der Waals surface area contributed by atoms with E-state index in [2.05, 4.69) is 26.2 Å². The van der Waals surface area contributed by atoms with Gasteiger partial charge in [0.25, 0.3) is 5.19 Å². The van der Waals surface area contributed by atoms with Crippen molar-refractivity contribution in [3.63, 3.8) is 0 Å². The smallest absolute Gasteiger partial charge is 0.419 e. The van der Waals surface area contributed by atoms with Gasteiger partial charge in [0.2, 0.25) is 0 Å². The zero-order chi connectivity index (χ0) is 17.1. The summed E-state index contributed by atoms with van der Waals surface area (Å²) in [5.74, 6) is 0.430. The minimum Gasteiger partial charge on any atom is -0.495 e. The minimum atomic E-state index is -0.707. The Morgan fingerprint density at radius 2 is 2.17 bits per heavy atom. The van der Waals surface area contributed by atoms with Crippen LogP contribution in [0.25, 0.3) is 10.2 Å². The zero-order valence-corrected chi connectivity index (χ0v) is 14.8. The summed E-state index contributed by atoms with van der Waals surface area (Å²) < 4.78 is 12.2. The van der Waals surface area contributed by atoms with Gasteiger partial charge in [-0.3, -0.25) is 5.32 Å². The van der Waals surface area contributed by atoms with Gasteiger partial charge in [0.05, 0.1) is 34.6 Å². The number of aromatic nitrogens is 1. The van der Waals surface area contributed by atoms with Gasteiger partial charge in [0.1, 0.15) is 5.75 Å². The van der Waals surface area contributed by atoms with Crippen LogP contribution in [0.4, 0.5) is 10.5 Å². The lowest BCUT2D eigenvalue weighted by Gasteiger charge is -2.09. The van der Waals surface area contributed by atoms with Crippen molar-refractivity contribution in [1.82, 2.24) is 4.98 Å². The van der Waals surface area contributed by atoms with Gasteiger partial charge in [-0.2, -0.15) is 5.26 Å². The summed E-state index contributed by atoms with van der Waals surface area (Å²) in [5.41, 5.74) is 1.49. The van der Waals surface area contributed by atoms with Crippen LogP contribution in [0.15, 0.2) is 40.9 Å². The fourth-order valence-electron chi connectivity index (χ4n) is 2.01. The number of nitrogens with one attached hydrogen (secondary N) is 1. The molecule has 1 N–H and O–H groups in total. The number of fused-ring (bicyclic) bond motifs is 1. The van der Waals surface area contributed by atoms with Crippen molar-refractivity contribution in [3.05, 3.63) is 46.4 Å². The lowest BCUT2D eigenvalue weighted by molar-refractivity contribution is 0.215. The summed E-state index contributed by atoms with van der Waals surface area (Å²) in [6.07, 6.45) is -0.707. The lowest BCUT2D eigenvalue weighted by atomic mass is 10.2. The molecule has 1 aromatic heterocycles. The first-order valence-corrected chi connectivity index (χ1v) is 8.33. The van der Waals surface area contributed by atoms with Crippen molar-refractivity contribution < 1.29 is 14.3 Å². The molecule has 0 saturated carbocycles. The standard InChI is InChI=1S/C16H10BrN3O3S/c1-22-13-4-2-9(8-18)6-11(13)19-15(21)23-16-20-12-7-10(17)3-5-14(12)24-16/h2-7H,1H3,(H,19,21). The van der Waals surface area contributed by atoms with Gasteiger partial charge < -0.3 is 9.47 Å². The second-order valence-electron chi connectivity index (χ2n) is 4.63. The number of rotatable bonds is 3. The van der Waals surface area contributed by atoms with Crippen molar-refractivity contribution in [2.45, 2.75) is 0 Å². The van der Waals surface area contributed by atoms with Crippen molar-refractivity contribution in [2.75, 3.05) is 12.4 Å². The van der Waals surface area contributed by atoms with Crippen LogP contribution >= 0.6 is 27.3 Å². The summed E-state index contributed by atoms with van der Waals surface area (Å²) in [4.78, 5) is 16.3. The summed E-state index contributed by atoms with van der Waals surface area (Å²) >= 11 is 4.63. The molecule has 0 aliphatic carbocycles. The molecule has 3 aromatic rings. The maximum Gasteiger partial charge on any atom is 0.419 e. The lowest BCUT2D eigenvalue weighted by Crippen LogP contribution is -2.17. The first-order valence-electron chi connectivity index (χ1n) is 6.72. The van der Waals surface area contributed by atoms with Gasteiger partial charge in [-0.05, 0) is 36.4 Å². The Kier molecular flexibility index (Phi) is 4.64. The molecule has 0 aliphatic rings. The van der Waals surface area contributed by atoms with Gasteiger partial charge in [-0.15, -0.1) is 0 Å². The molecule has 1 heterocycles. The van der Waals surface area contributed by atoms with Crippen molar-refractivity contribution in [2.24, 2.45) is 0 Å². The number of carbonyl (C=O) groups is 1. The molecule has 24 heavy (non-hydrogen) atoms. The number of amides is 1. The van der Waals surface area contributed by atoms with Gasteiger partial charge in [0.15, 0.2) is 0 Å². The quantitative estimate of drug-likeness (QED) is 0.693. The average Bonchev–Trinajstić information content (AvgIpc) is 2.95. The molecule has 0 unspecified atom stereocenters. The molecule has 8 heteroatoms. The van der Waals surface area contributed by atoms with E-state index in [9.17, 15) is 4.79 Å². The molecular weight excluding hydrogens is 394 g/mol. The monoisotopic (exact) mass is 403 g/mol. The SMILES string of the molecule is COc1ccc(C#N)cc1NC(=O)Oc1nc2cc(Br)ccc2s1. The molecule has 0 aliphatic heterocycles. The van der Waals surface area contributed by atoms with Crippen LogP contribution in [0.1, 0.15) is 5.56 Å². The molecule has 3 rings (SSSR count). The Hall–Kier alpha value is -2.63. The van der Waals surface area contributed by atoms with Crippen LogP contribution in [0, 0.1) is 11.3 Å². The number of benzene rings is 2. The summed E-state index contributed by atoms with van der Waals surface area (Å²) in [6, 6.07) is 12.3. The minimum absolute atomic E-state index is 0.232. The number of nitriles is 1. The summed E-state index contributed by atoms with van der Waals surface area (Å²) in [7, 11) is 1.48. The van der Waals surface area contributed by atoms with Gasteiger partial charge in [-0.1, -0.05) is 27.3 Å². The van der Waals surface area contributed by atoms with E-state index in [1.165, 1.54) is 24.5 Å². The number of anilines is 1. The summed E-state index contributed by atoms with van der Waals surface area (Å²) in [5, 5.41) is 11.7. The van der Waals surface area contributed by atoms with Gasteiger partial charge in [0, 0.05) is 4.47 Å². The van der Waals surface area contributed by atoms with Crippen LogP contribution in [0.5, 0.6) is 10.9 Å². The van der Waals surface area contributed by atoms with Gasteiger partial charge in [-0.25, -0.2) is 9.78 Å². The van der Waals surface area contributed by atoms with E-state index in [-0.39, 0.29) is 5.19 Å². The first kappa shape index (κ1) is 16.2. The van der Waals surface area contributed by atoms with Crippen LogP contribution in [0.2, 0.25) is 0 Å². The Morgan fingerprint density at radius 1 is 1.33 bits per heavy atom. The van der Waals surface area contributed by atoms with Crippen molar-refractivity contribution in [3.8, 4) is 17.0 Å². The number of carbonyl (C=O) groups excluding carboxylic acids is 1. The number of methoxy groups -OCH3 is 1. The Bertz CT molecular complexity index is 965. The predicted octanol–water partition coefficient (Wildman–Crippen LogP) is 4.55. The van der Waals surface area contributed by atoms with Crippen LogP contribution < -0.4 is 14.8 Å². The molecule has 0 atom stereocenters. The molecule has 0 bridgehead atoms. The van der Waals surface area contributed by atoms with E-state index in [0.717, 1.165) is 14.7 Å². The number of hydrogen-bond donors (Lipinski definition) is 1. The molecular formula is C16H10BrN3O3S. The van der Waals surface area contributed by atoms with E-state index in [1.807, 2.05) is 24.3 Å². The largest absolute Gasteiger partial charge is 0.495 e. The fourth-order valence-corrected chi connectivity index (χ4v) is 3.16. The second kappa shape index (κ2) is 6.86. The highest BCUT2D eigenvalue weighted by Crippen LogP contribution is 2.30. The number of nitrogens with zero attached hydrogens (tertiary/aromatic N) is 2. The Morgan fingerprint density at radius 3 is 2.92 bits per heavy atom. The normalized spacial score (nSPS) is 10.2. The van der Waals surface area contributed by atoms with E-state index >= 15 is 0 Å². The Balaban J connectivity index is 1.78. The third kappa shape index (κ3) is 3.48. The molecule has 120 valence electrons. The fraction of sp³-hybridized carbons (Fsp3) is 0.0625. The maximum atomic E-state index is 12.1. The predicted molar refractivity (Wildman–Crippen MR) is 94.7 cm³/mol. The van der Waals surface area contributed by atoms with Crippen molar-refractivity contribution >= 4 is 49.3 Å². The third-order valence-electron chi connectivity index (χ3n) is 3.08. The molecule has 2 aromatic carbocycles. The third-order valence-corrected chi connectivity index (χ3v) is 4.48. The van der Waals surface area contributed by atoms with Gasteiger partial charge >= 0.3 is 6.09 Å². The number of ether oxygens (including phenoxy) is 2. The first-order chi connectivity index (χ1) is 11.6. The number of thiazole rings is 1. The Labute approximate surface area is 149 Å². The number of hydrogen-bond acceptors (Lipinski definition) is 6. The summed E-state index contributed by atoms with van der Waals surface area (Å²) in [6.45, 7) is 0. The van der Waals surface area contributed by atoms with E-state index in [0.29, 0.717) is 17.0 Å². The highest BCUT2D eigenvalue weighted by Gasteiger charge is 2.13. The van der Waals surface area contributed by atoms with E-state index in [4.69, 9.17) is 14.7 Å². The molecule has 6 nitrogen and oxygen atoms in total. The van der Waals surface area contributed by atoms with E-state index in [1.54, 1.807) is 12.1 Å². The van der Waals surface area contributed by atoms with Crippen LogP contribution in [-0.4, -0.2) is 18.2 Å². The molecule has 0 radical (unpaired) electrons. The molecule has 0 fully saturated rings. The number of halogens is 1. The second-order valence-corrected chi connectivity index (χ2v) is 6.54. The highest BCUT2D eigenvalue weighted by atomic mass is 79.9. The van der Waals surface area contributed by atoms with Crippen molar-refractivity contribution in [1.29, 1.82) is 5.26 Å². The topological polar surface area (TPSA) is 84.2 Å². The molecule has 0 saturated heterocycles. The van der Waals surface area contributed by atoms with Crippen LogP contribution in [0.3, 0.4) is 0 Å². The maximum absolute atomic E-state index is 12.1. The average molecular weight is 404 g/mol.